The zero-order valence-corrected chi connectivity index (χ0v) is 13.9. The summed E-state index contributed by atoms with van der Waals surface area (Å²) >= 11 is 0. The van der Waals surface area contributed by atoms with Gasteiger partial charge in [-0.2, -0.15) is 0 Å². The first-order valence-electron chi connectivity index (χ1n) is 7.47. The molecule has 4 nitrogen and oxygen atoms in total. The Morgan fingerprint density at radius 2 is 1.86 bits per heavy atom. The molecule has 0 spiro atoms. The summed E-state index contributed by atoms with van der Waals surface area (Å²) in [6.45, 7) is 13.5. The van der Waals surface area contributed by atoms with Gasteiger partial charge in [-0.15, -0.1) is 0 Å². The monoisotopic (exact) mass is 290 g/mol. The average molecular weight is 290 g/mol. The number of nitrogens with zero attached hydrogens (tertiary/aromatic N) is 1. The smallest absolute Gasteiger partial charge is 0.414 e. The van der Waals surface area contributed by atoms with Gasteiger partial charge in [-0.25, -0.2) is 4.79 Å². The number of rotatable bonds is 0. The van der Waals surface area contributed by atoms with Crippen LogP contribution in [0, 0.1) is 0 Å². The number of carbonyl (C=O) groups is 1. The standard InChI is InChI=1S/C17H26N2O2/c1-16(2,3)12-7-8-13-14(11-12)19(10-9-18-13)15(20)21-17(4,5)6/h7-8,11,18H,9-10H2,1-6H3. The van der Waals surface area contributed by atoms with Crippen molar-refractivity contribution in [2.75, 3.05) is 23.3 Å². The van der Waals surface area contributed by atoms with E-state index in [1.54, 1.807) is 4.90 Å². The van der Waals surface area contributed by atoms with Crippen LogP contribution in [0.3, 0.4) is 0 Å². The Kier molecular flexibility index (Phi) is 3.91. The predicted molar refractivity (Wildman–Crippen MR) is 87.2 cm³/mol. The third-order valence-corrected chi connectivity index (χ3v) is 3.42. The molecule has 1 N–H and O–H groups in total. The van der Waals surface area contributed by atoms with E-state index >= 15 is 0 Å². The van der Waals surface area contributed by atoms with Crippen molar-refractivity contribution in [2.45, 2.75) is 52.6 Å². The Bertz CT molecular complexity index is 539. The van der Waals surface area contributed by atoms with Gasteiger partial charge in [0.1, 0.15) is 5.60 Å². The minimum absolute atomic E-state index is 0.0477. The first-order valence-corrected chi connectivity index (χ1v) is 7.47. The van der Waals surface area contributed by atoms with Gasteiger partial charge in [0, 0.05) is 13.1 Å². The molecule has 0 aromatic heterocycles. The number of carbonyl (C=O) groups excluding carboxylic acids is 1. The molecule has 1 aliphatic rings. The molecule has 1 aromatic rings. The van der Waals surface area contributed by atoms with E-state index in [-0.39, 0.29) is 11.5 Å². The highest BCUT2D eigenvalue weighted by Gasteiger charge is 2.28. The third kappa shape index (κ3) is 3.69. The Morgan fingerprint density at radius 1 is 1.19 bits per heavy atom. The number of anilines is 2. The molecular formula is C17H26N2O2. The number of fused-ring (bicyclic) bond motifs is 1. The molecule has 0 bridgehead atoms. The van der Waals surface area contributed by atoms with Crippen LogP contribution < -0.4 is 10.2 Å². The van der Waals surface area contributed by atoms with Crippen molar-refractivity contribution in [3.8, 4) is 0 Å². The maximum Gasteiger partial charge on any atom is 0.414 e. The van der Waals surface area contributed by atoms with E-state index in [4.69, 9.17) is 4.74 Å². The lowest BCUT2D eigenvalue weighted by Gasteiger charge is -2.33. The molecule has 0 aliphatic carbocycles. The largest absolute Gasteiger partial charge is 0.443 e. The molecule has 4 heteroatoms. The highest BCUT2D eigenvalue weighted by molar-refractivity contribution is 5.93. The first-order chi connectivity index (χ1) is 9.58. The Morgan fingerprint density at radius 3 is 2.43 bits per heavy atom. The molecule has 0 atom stereocenters. The van der Waals surface area contributed by atoms with Crippen LogP contribution in [0.4, 0.5) is 16.2 Å². The molecule has 0 radical (unpaired) electrons. The summed E-state index contributed by atoms with van der Waals surface area (Å²) in [5, 5.41) is 3.34. The minimum atomic E-state index is -0.482. The fraction of sp³-hybridized carbons (Fsp3) is 0.588. The number of ether oxygens (including phenoxy) is 1. The number of hydrogen-bond donors (Lipinski definition) is 1. The van der Waals surface area contributed by atoms with Crippen LogP contribution in [-0.4, -0.2) is 24.8 Å². The number of nitrogens with one attached hydrogen (secondary N) is 1. The Balaban J connectivity index is 2.35. The zero-order chi connectivity index (χ0) is 15.8. The zero-order valence-electron chi connectivity index (χ0n) is 13.9. The van der Waals surface area contributed by atoms with E-state index < -0.39 is 5.60 Å². The summed E-state index contributed by atoms with van der Waals surface area (Å²) in [5.74, 6) is 0. The summed E-state index contributed by atoms with van der Waals surface area (Å²) in [7, 11) is 0. The molecule has 116 valence electrons. The van der Waals surface area contributed by atoms with Crippen molar-refractivity contribution in [1.82, 2.24) is 0 Å². The van der Waals surface area contributed by atoms with E-state index in [9.17, 15) is 4.79 Å². The predicted octanol–water partition coefficient (Wildman–Crippen LogP) is 4.15. The molecule has 1 heterocycles. The third-order valence-electron chi connectivity index (χ3n) is 3.42. The summed E-state index contributed by atoms with van der Waals surface area (Å²) in [6, 6.07) is 6.25. The molecule has 0 saturated carbocycles. The molecule has 2 rings (SSSR count). The molecular weight excluding hydrogens is 264 g/mol. The number of benzene rings is 1. The van der Waals surface area contributed by atoms with Crippen molar-refractivity contribution in [3.05, 3.63) is 23.8 Å². The summed E-state index contributed by atoms with van der Waals surface area (Å²) in [5.41, 5.74) is 2.66. The fourth-order valence-corrected chi connectivity index (χ4v) is 2.30. The lowest BCUT2D eigenvalue weighted by Crippen LogP contribution is -2.42. The summed E-state index contributed by atoms with van der Waals surface area (Å²) < 4.78 is 5.52. The maximum absolute atomic E-state index is 12.4. The first kappa shape index (κ1) is 15.7. The quantitative estimate of drug-likeness (QED) is 0.780. The second-order valence-electron chi connectivity index (χ2n) is 7.54. The molecule has 0 unspecified atom stereocenters. The minimum Gasteiger partial charge on any atom is -0.443 e. The number of hydrogen-bond acceptors (Lipinski definition) is 3. The van der Waals surface area contributed by atoms with Crippen LogP contribution in [0.25, 0.3) is 0 Å². The summed E-state index contributed by atoms with van der Waals surface area (Å²) in [4.78, 5) is 14.1. The topological polar surface area (TPSA) is 41.6 Å². The van der Waals surface area contributed by atoms with Crippen LogP contribution in [0.1, 0.15) is 47.1 Å². The van der Waals surface area contributed by atoms with Gasteiger partial charge < -0.3 is 10.1 Å². The highest BCUT2D eigenvalue weighted by Crippen LogP contribution is 2.34. The van der Waals surface area contributed by atoms with Crippen LogP contribution in [0.15, 0.2) is 18.2 Å². The van der Waals surface area contributed by atoms with Gasteiger partial charge in [0.2, 0.25) is 0 Å². The Hall–Kier alpha value is -1.71. The molecule has 21 heavy (non-hydrogen) atoms. The van der Waals surface area contributed by atoms with Gasteiger partial charge in [-0.3, -0.25) is 4.90 Å². The Labute approximate surface area is 127 Å². The molecule has 1 aliphatic heterocycles. The lowest BCUT2D eigenvalue weighted by molar-refractivity contribution is 0.0581. The van der Waals surface area contributed by atoms with Crippen LogP contribution in [0.5, 0.6) is 0 Å². The van der Waals surface area contributed by atoms with Gasteiger partial charge in [-0.1, -0.05) is 26.8 Å². The molecule has 0 saturated heterocycles. The second-order valence-corrected chi connectivity index (χ2v) is 7.54. The van der Waals surface area contributed by atoms with E-state index in [2.05, 4.69) is 38.2 Å². The van der Waals surface area contributed by atoms with E-state index in [0.717, 1.165) is 17.9 Å². The van der Waals surface area contributed by atoms with Gasteiger partial charge in [-0.05, 0) is 43.9 Å². The van der Waals surface area contributed by atoms with Crippen molar-refractivity contribution in [1.29, 1.82) is 0 Å². The van der Waals surface area contributed by atoms with Gasteiger partial charge in [0.05, 0.1) is 11.4 Å². The van der Waals surface area contributed by atoms with Gasteiger partial charge in [0.25, 0.3) is 0 Å². The maximum atomic E-state index is 12.4. The van der Waals surface area contributed by atoms with Crippen LogP contribution >= 0.6 is 0 Å². The van der Waals surface area contributed by atoms with E-state index in [0.29, 0.717) is 6.54 Å². The highest BCUT2D eigenvalue weighted by atomic mass is 16.6. The molecule has 0 fully saturated rings. The van der Waals surface area contributed by atoms with E-state index in [1.165, 1.54) is 5.56 Å². The lowest BCUT2D eigenvalue weighted by atomic mass is 9.86. The van der Waals surface area contributed by atoms with Crippen molar-refractivity contribution in [3.63, 3.8) is 0 Å². The van der Waals surface area contributed by atoms with Crippen molar-refractivity contribution < 1.29 is 9.53 Å². The van der Waals surface area contributed by atoms with Crippen molar-refractivity contribution in [2.24, 2.45) is 0 Å². The fourth-order valence-electron chi connectivity index (χ4n) is 2.30. The second kappa shape index (κ2) is 5.24. The van der Waals surface area contributed by atoms with Crippen LogP contribution in [0.2, 0.25) is 0 Å². The summed E-state index contributed by atoms with van der Waals surface area (Å²) in [6.07, 6.45) is -0.281. The SMILES string of the molecule is CC(C)(C)OC(=O)N1CCNc2ccc(C(C)(C)C)cc21. The van der Waals surface area contributed by atoms with Gasteiger partial charge in [0.15, 0.2) is 0 Å². The molecule has 1 amide bonds. The van der Waals surface area contributed by atoms with Gasteiger partial charge >= 0.3 is 6.09 Å². The van der Waals surface area contributed by atoms with E-state index in [1.807, 2.05) is 26.8 Å². The van der Waals surface area contributed by atoms with Crippen LogP contribution in [-0.2, 0) is 10.2 Å². The van der Waals surface area contributed by atoms with Crippen molar-refractivity contribution >= 4 is 17.5 Å². The average Bonchev–Trinajstić information content (AvgIpc) is 2.34. The normalized spacial score (nSPS) is 15.2. The molecule has 1 aromatic carbocycles. The number of amides is 1.